The molecule has 1 heterocycles. The SMILES string of the molecule is CC(Sc1nnc(-c2ccc(OC(F)F)cc2)o1)C(=O)NCC1CCCCC1. The number of hydrogen-bond acceptors (Lipinski definition) is 6. The van der Waals surface area contributed by atoms with Crippen molar-refractivity contribution in [1.82, 2.24) is 15.5 Å². The van der Waals surface area contributed by atoms with E-state index in [-0.39, 0.29) is 28.0 Å². The monoisotopic (exact) mass is 411 g/mol. The average molecular weight is 411 g/mol. The van der Waals surface area contributed by atoms with Crippen molar-refractivity contribution in [2.75, 3.05) is 6.54 Å². The van der Waals surface area contributed by atoms with Crippen LogP contribution >= 0.6 is 11.8 Å². The molecule has 0 bridgehead atoms. The molecule has 1 saturated carbocycles. The minimum atomic E-state index is -2.87. The Morgan fingerprint density at radius 3 is 2.64 bits per heavy atom. The molecular weight excluding hydrogens is 388 g/mol. The van der Waals surface area contributed by atoms with Gasteiger partial charge in [0.2, 0.25) is 11.8 Å². The summed E-state index contributed by atoms with van der Waals surface area (Å²) < 4.78 is 34.3. The van der Waals surface area contributed by atoms with Gasteiger partial charge in [-0.15, -0.1) is 10.2 Å². The lowest BCUT2D eigenvalue weighted by Crippen LogP contribution is -2.35. The van der Waals surface area contributed by atoms with Crippen molar-refractivity contribution in [3.05, 3.63) is 24.3 Å². The Bertz CT molecular complexity index is 764. The summed E-state index contributed by atoms with van der Waals surface area (Å²) in [7, 11) is 0. The number of alkyl halides is 2. The fraction of sp³-hybridized carbons (Fsp3) is 0.526. The van der Waals surface area contributed by atoms with Crippen LogP contribution in [0.15, 0.2) is 33.9 Å². The van der Waals surface area contributed by atoms with Gasteiger partial charge >= 0.3 is 6.61 Å². The van der Waals surface area contributed by atoms with Crippen molar-refractivity contribution < 1.29 is 22.7 Å². The second-order valence-corrected chi connectivity index (χ2v) is 8.08. The van der Waals surface area contributed by atoms with Crippen LogP contribution in [0, 0.1) is 5.92 Å². The Morgan fingerprint density at radius 2 is 1.96 bits per heavy atom. The van der Waals surface area contributed by atoms with E-state index in [1.165, 1.54) is 56.0 Å². The van der Waals surface area contributed by atoms with Crippen molar-refractivity contribution in [1.29, 1.82) is 0 Å². The highest BCUT2D eigenvalue weighted by atomic mass is 32.2. The molecule has 0 spiro atoms. The van der Waals surface area contributed by atoms with Gasteiger partial charge in [0.15, 0.2) is 0 Å². The highest BCUT2D eigenvalue weighted by Crippen LogP contribution is 2.28. The number of carbonyl (C=O) groups excluding carboxylic acids is 1. The zero-order chi connectivity index (χ0) is 19.9. The van der Waals surface area contributed by atoms with Gasteiger partial charge < -0.3 is 14.5 Å². The number of carbonyl (C=O) groups is 1. The molecule has 9 heteroatoms. The van der Waals surface area contributed by atoms with Gasteiger partial charge in [-0.3, -0.25) is 4.79 Å². The lowest BCUT2D eigenvalue weighted by Gasteiger charge is -2.22. The summed E-state index contributed by atoms with van der Waals surface area (Å²) in [6.45, 7) is -0.365. The lowest BCUT2D eigenvalue weighted by molar-refractivity contribution is -0.120. The smallest absolute Gasteiger partial charge is 0.387 e. The minimum Gasteiger partial charge on any atom is -0.435 e. The van der Waals surface area contributed by atoms with Gasteiger partial charge in [0.1, 0.15) is 5.75 Å². The molecule has 28 heavy (non-hydrogen) atoms. The maximum atomic E-state index is 12.3. The first-order valence-corrected chi connectivity index (χ1v) is 10.2. The molecule has 1 aromatic carbocycles. The van der Waals surface area contributed by atoms with Gasteiger partial charge in [-0.1, -0.05) is 31.0 Å². The molecule has 1 amide bonds. The highest BCUT2D eigenvalue weighted by molar-refractivity contribution is 8.00. The normalized spacial score (nSPS) is 16.1. The predicted molar refractivity (Wildman–Crippen MR) is 101 cm³/mol. The summed E-state index contributed by atoms with van der Waals surface area (Å²) >= 11 is 1.19. The number of benzene rings is 1. The molecule has 1 atom stereocenters. The third-order valence-corrected chi connectivity index (χ3v) is 5.60. The van der Waals surface area contributed by atoms with Gasteiger partial charge in [0.25, 0.3) is 5.22 Å². The van der Waals surface area contributed by atoms with E-state index in [9.17, 15) is 13.6 Å². The topological polar surface area (TPSA) is 77.2 Å². The highest BCUT2D eigenvalue weighted by Gasteiger charge is 2.20. The van der Waals surface area contributed by atoms with E-state index in [2.05, 4.69) is 20.3 Å². The number of amides is 1. The first kappa shape index (κ1) is 20.6. The summed E-state index contributed by atoms with van der Waals surface area (Å²) in [5, 5.41) is 10.8. The molecule has 1 N–H and O–H groups in total. The third kappa shape index (κ3) is 5.92. The van der Waals surface area contributed by atoms with Crippen LogP contribution in [0.25, 0.3) is 11.5 Å². The molecule has 6 nitrogen and oxygen atoms in total. The summed E-state index contributed by atoms with van der Waals surface area (Å²) in [6, 6.07) is 5.92. The molecule has 0 radical (unpaired) electrons. The molecule has 1 aliphatic carbocycles. The maximum absolute atomic E-state index is 12.3. The predicted octanol–water partition coefficient (Wildman–Crippen LogP) is 4.52. The van der Waals surface area contributed by atoms with Crippen LogP contribution in [-0.2, 0) is 4.79 Å². The van der Waals surface area contributed by atoms with E-state index in [0.717, 1.165) is 0 Å². The first-order valence-electron chi connectivity index (χ1n) is 9.34. The van der Waals surface area contributed by atoms with E-state index >= 15 is 0 Å². The van der Waals surface area contributed by atoms with E-state index in [4.69, 9.17) is 4.42 Å². The van der Waals surface area contributed by atoms with E-state index in [0.29, 0.717) is 18.0 Å². The van der Waals surface area contributed by atoms with Gasteiger partial charge in [-0.25, -0.2) is 0 Å². The Morgan fingerprint density at radius 1 is 1.25 bits per heavy atom. The Hall–Kier alpha value is -2.16. The van der Waals surface area contributed by atoms with Crippen molar-refractivity contribution in [3.63, 3.8) is 0 Å². The Balaban J connectivity index is 1.51. The lowest BCUT2D eigenvalue weighted by atomic mass is 9.89. The quantitative estimate of drug-likeness (QED) is 0.644. The van der Waals surface area contributed by atoms with Crippen LogP contribution in [0.5, 0.6) is 5.75 Å². The van der Waals surface area contributed by atoms with Crippen molar-refractivity contribution in [3.8, 4) is 17.2 Å². The van der Waals surface area contributed by atoms with E-state index < -0.39 is 6.61 Å². The molecule has 2 aromatic rings. The van der Waals surface area contributed by atoms with Crippen LogP contribution in [-0.4, -0.2) is 34.5 Å². The summed E-state index contributed by atoms with van der Waals surface area (Å²) in [4.78, 5) is 12.3. The van der Waals surface area contributed by atoms with E-state index in [1.807, 2.05) is 0 Å². The van der Waals surface area contributed by atoms with Crippen LogP contribution < -0.4 is 10.1 Å². The van der Waals surface area contributed by atoms with Gasteiger partial charge in [0, 0.05) is 12.1 Å². The van der Waals surface area contributed by atoms with Crippen LogP contribution in [0.2, 0.25) is 0 Å². The van der Waals surface area contributed by atoms with Crippen LogP contribution in [0.1, 0.15) is 39.0 Å². The van der Waals surface area contributed by atoms with Crippen LogP contribution in [0.3, 0.4) is 0 Å². The fourth-order valence-electron chi connectivity index (χ4n) is 3.14. The second kappa shape index (κ2) is 9.86. The number of aromatic nitrogens is 2. The Kier molecular flexibility index (Phi) is 7.24. The molecular formula is C19H23F2N3O3S. The maximum Gasteiger partial charge on any atom is 0.387 e. The number of halogens is 2. The molecule has 0 aliphatic heterocycles. The standard InChI is InChI=1S/C19H23F2N3O3S/c1-12(16(25)22-11-13-5-3-2-4-6-13)28-19-24-23-17(27-19)14-7-9-15(10-8-14)26-18(20)21/h7-10,12-13,18H,2-6,11H2,1H3,(H,22,25). The number of thioether (sulfide) groups is 1. The second-order valence-electron chi connectivity index (χ2n) is 6.79. The average Bonchev–Trinajstić information content (AvgIpc) is 3.15. The fourth-order valence-corrected chi connectivity index (χ4v) is 3.85. The molecule has 3 rings (SSSR count). The largest absolute Gasteiger partial charge is 0.435 e. The van der Waals surface area contributed by atoms with Crippen molar-refractivity contribution >= 4 is 17.7 Å². The molecule has 1 fully saturated rings. The van der Waals surface area contributed by atoms with Gasteiger partial charge in [0.05, 0.1) is 5.25 Å². The van der Waals surface area contributed by atoms with Crippen molar-refractivity contribution in [2.45, 2.75) is 56.1 Å². The van der Waals surface area contributed by atoms with E-state index in [1.54, 1.807) is 19.1 Å². The molecule has 1 unspecified atom stereocenters. The minimum absolute atomic E-state index is 0.0520. The molecule has 0 saturated heterocycles. The number of nitrogens with zero attached hydrogens (tertiary/aromatic N) is 2. The third-order valence-electron chi connectivity index (χ3n) is 4.67. The van der Waals surface area contributed by atoms with Crippen LogP contribution in [0.4, 0.5) is 8.78 Å². The molecule has 1 aliphatic rings. The zero-order valence-electron chi connectivity index (χ0n) is 15.6. The zero-order valence-corrected chi connectivity index (χ0v) is 16.4. The number of nitrogens with one attached hydrogen (secondary N) is 1. The van der Waals surface area contributed by atoms with Gasteiger partial charge in [-0.05, 0) is 49.9 Å². The number of ether oxygens (including phenoxy) is 1. The van der Waals surface area contributed by atoms with Gasteiger partial charge in [-0.2, -0.15) is 8.78 Å². The van der Waals surface area contributed by atoms with Crippen molar-refractivity contribution in [2.24, 2.45) is 5.92 Å². The molecule has 1 aromatic heterocycles. The number of hydrogen-bond donors (Lipinski definition) is 1. The molecule has 152 valence electrons. The first-order chi connectivity index (χ1) is 13.5. The Labute approximate surface area is 166 Å². The summed E-state index contributed by atoms with van der Waals surface area (Å²) in [5.41, 5.74) is 0.579. The summed E-state index contributed by atoms with van der Waals surface area (Å²) in [6.07, 6.45) is 6.12. The summed E-state index contributed by atoms with van der Waals surface area (Å²) in [5.74, 6) is 0.822. The number of rotatable bonds is 8.